The van der Waals surface area contributed by atoms with E-state index in [4.69, 9.17) is 15.6 Å². The molecule has 0 saturated carbocycles. The number of rotatable bonds is 3. The number of hydrogen-bond acceptors (Lipinski definition) is 3. The average Bonchev–Trinajstić information content (AvgIpc) is 2.36. The van der Waals surface area contributed by atoms with Gasteiger partial charge in [0.05, 0.1) is 19.3 Å². The van der Waals surface area contributed by atoms with Gasteiger partial charge in [-0.1, -0.05) is 12.1 Å². The third kappa shape index (κ3) is 2.07. The number of nitrogens with two attached hydrogens (primary N) is 1. The maximum Gasteiger partial charge on any atom is 0.249 e. The van der Waals surface area contributed by atoms with Gasteiger partial charge < -0.3 is 15.6 Å². The fourth-order valence-corrected chi connectivity index (χ4v) is 1.80. The Morgan fingerprint density at radius 3 is 2.71 bits per heavy atom. The summed E-state index contributed by atoms with van der Waals surface area (Å²) in [5.41, 5.74) is 6.48. The molecule has 2 aromatic carbocycles. The van der Waals surface area contributed by atoms with Crippen molar-refractivity contribution in [3.63, 3.8) is 0 Å². The van der Waals surface area contributed by atoms with Gasteiger partial charge in [0.2, 0.25) is 5.91 Å². The molecule has 0 aliphatic heterocycles. The Bertz CT molecular complexity index is 578. The summed E-state index contributed by atoms with van der Waals surface area (Å²) in [6.07, 6.45) is 0. The molecule has 0 aromatic heterocycles. The zero-order chi connectivity index (χ0) is 12.4. The molecule has 0 heterocycles. The van der Waals surface area contributed by atoms with Gasteiger partial charge in [0.25, 0.3) is 0 Å². The van der Waals surface area contributed by atoms with Crippen LogP contribution in [0.3, 0.4) is 0 Å². The molecule has 3 N–H and O–H groups in total. The van der Waals surface area contributed by atoms with Crippen molar-refractivity contribution in [2.75, 3.05) is 7.11 Å². The van der Waals surface area contributed by atoms with Crippen molar-refractivity contribution in [2.45, 2.75) is 6.61 Å². The van der Waals surface area contributed by atoms with Crippen molar-refractivity contribution in [3.05, 3.63) is 41.5 Å². The van der Waals surface area contributed by atoms with Gasteiger partial charge in [-0.2, -0.15) is 0 Å². The lowest BCUT2D eigenvalue weighted by Crippen LogP contribution is -2.11. The number of carbonyl (C=O) groups is 1. The molecular weight excluding hydrogens is 218 g/mol. The summed E-state index contributed by atoms with van der Waals surface area (Å²) < 4.78 is 5.11. The van der Waals surface area contributed by atoms with Gasteiger partial charge in [-0.15, -0.1) is 0 Å². The highest BCUT2D eigenvalue weighted by molar-refractivity contribution is 6.07. The van der Waals surface area contributed by atoms with Crippen molar-refractivity contribution in [2.24, 2.45) is 5.73 Å². The van der Waals surface area contributed by atoms with Gasteiger partial charge >= 0.3 is 0 Å². The minimum Gasteiger partial charge on any atom is -0.497 e. The number of ether oxygens (including phenoxy) is 1. The lowest BCUT2D eigenvalue weighted by Gasteiger charge is -2.08. The Labute approximate surface area is 98.6 Å². The smallest absolute Gasteiger partial charge is 0.249 e. The van der Waals surface area contributed by atoms with Gasteiger partial charge in [-0.05, 0) is 34.5 Å². The maximum atomic E-state index is 11.4. The summed E-state index contributed by atoms with van der Waals surface area (Å²) in [6, 6.07) is 8.81. The summed E-state index contributed by atoms with van der Waals surface area (Å²) >= 11 is 0. The first-order chi connectivity index (χ1) is 8.15. The highest BCUT2D eigenvalue weighted by Gasteiger charge is 2.09. The van der Waals surface area contributed by atoms with Gasteiger partial charge in [0, 0.05) is 0 Å². The number of benzene rings is 2. The number of primary amides is 1. The first-order valence-electron chi connectivity index (χ1n) is 5.17. The number of carbonyl (C=O) groups excluding carboxylic acids is 1. The second kappa shape index (κ2) is 4.43. The molecule has 4 heteroatoms. The quantitative estimate of drug-likeness (QED) is 0.839. The van der Waals surface area contributed by atoms with Crippen LogP contribution in [0.4, 0.5) is 0 Å². The Hall–Kier alpha value is -2.07. The van der Waals surface area contributed by atoms with Crippen molar-refractivity contribution in [1.82, 2.24) is 0 Å². The second-order valence-corrected chi connectivity index (χ2v) is 3.75. The SMILES string of the molecule is COc1cc(C(N)=O)c2cc(CO)ccc2c1. The first kappa shape index (κ1) is 11.4. The monoisotopic (exact) mass is 231 g/mol. The lowest BCUT2D eigenvalue weighted by molar-refractivity contribution is 0.100. The highest BCUT2D eigenvalue weighted by atomic mass is 16.5. The number of fused-ring (bicyclic) bond motifs is 1. The summed E-state index contributed by atoms with van der Waals surface area (Å²) in [6.45, 7) is -0.0693. The number of amides is 1. The van der Waals surface area contributed by atoms with Crippen molar-refractivity contribution >= 4 is 16.7 Å². The Morgan fingerprint density at radius 2 is 2.12 bits per heavy atom. The van der Waals surface area contributed by atoms with E-state index in [0.717, 1.165) is 16.3 Å². The van der Waals surface area contributed by atoms with E-state index in [0.29, 0.717) is 11.3 Å². The van der Waals surface area contributed by atoms with Gasteiger partial charge in [0.1, 0.15) is 5.75 Å². The normalized spacial score (nSPS) is 10.5. The molecule has 0 radical (unpaired) electrons. The van der Waals surface area contributed by atoms with Crippen LogP contribution in [0.25, 0.3) is 10.8 Å². The van der Waals surface area contributed by atoms with E-state index in [-0.39, 0.29) is 6.61 Å². The Kier molecular flexibility index (Phi) is 2.97. The highest BCUT2D eigenvalue weighted by Crippen LogP contribution is 2.26. The van der Waals surface area contributed by atoms with Crippen LogP contribution in [-0.4, -0.2) is 18.1 Å². The van der Waals surface area contributed by atoms with E-state index >= 15 is 0 Å². The number of methoxy groups -OCH3 is 1. The van der Waals surface area contributed by atoms with Crippen LogP contribution in [0.5, 0.6) is 5.75 Å². The molecule has 1 amide bonds. The predicted molar refractivity (Wildman–Crippen MR) is 64.9 cm³/mol. The summed E-state index contributed by atoms with van der Waals surface area (Å²) in [4.78, 5) is 11.4. The molecule has 0 unspecified atom stereocenters. The minimum atomic E-state index is -0.510. The summed E-state index contributed by atoms with van der Waals surface area (Å²) in [5.74, 6) is 0.0760. The largest absolute Gasteiger partial charge is 0.497 e. The average molecular weight is 231 g/mol. The van der Waals surface area contributed by atoms with Crippen LogP contribution in [0.1, 0.15) is 15.9 Å². The molecule has 88 valence electrons. The minimum absolute atomic E-state index is 0.0693. The summed E-state index contributed by atoms with van der Waals surface area (Å²) in [5, 5.41) is 10.7. The van der Waals surface area contributed by atoms with Gasteiger partial charge in [0.15, 0.2) is 0 Å². The molecule has 0 fully saturated rings. The van der Waals surface area contributed by atoms with E-state index in [1.165, 1.54) is 7.11 Å². The zero-order valence-electron chi connectivity index (χ0n) is 9.43. The Morgan fingerprint density at radius 1 is 1.35 bits per heavy atom. The van der Waals surface area contributed by atoms with Gasteiger partial charge in [-0.3, -0.25) is 4.79 Å². The summed E-state index contributed by atoms with van der Waals surface area (Å²) in [7, 11) is 1.54. The molecule has 0 bridgehead atoms. The number of hydrogen-bond donors (Lipinski definition) is 2. The van der Waals surface area contributed by atoms with Crippen LogP contribution in [0, 0.1) is 0 Å². The topological polar surface area (TPSA) is 72.5 Å². The molecule has 2 rings (SSSR count). The van der Waals surface area contributed by atoms with Crippen LogP contribution in [0.15, 0.2) is 30.3 Å². The third-order valence-electron chi connectivity index (χ3n) is 2.68. The zero-order valence-corrected chi connectivity index (χ0v) is 9.43. The maximum absolute atomic E-state index is 11.4. The molecule has 4 nitrogen and oxygen atoms in total. The lowest BCUT2D eigenvalue weighted by atomic mass is 10.0. The van der Waals surface area contributed by atoms with E-state index in [1.807, 2.05) is 12.1 Å². The van der Waals surface area contributed by atoms with Crippen LogP contribution < -0.4 is 10.5 Å². The first-order valence-corrected chi connectivity index (χ1v) is 5.17. The standard InChI is InChI=1S/C13H13NO3/c1-17-10-5-9-3-2-8(7-15)4-11(9)12(6-10)13(14)16/h2-6,15H,7H2,1H3,(H2,14,16). The van der Waals surface area contributed by atoms with Crippen LogP contribution >= 0.6 is 0 Å². The van der Waals surface area contributed by atoms with E-state index < -0.39 is 5.91 Å². The third-order valence-corrected chi connectivity index (χ3v) is 2.68. The molecule has 2 aromatic rings. The van der Waals surface area contributed by atoms with Crippen LogP contribution in [0.2, 0.25) is 0 Å². The number of aliphatic hydroxyl groups excluding tert-OH is 1. The molecular formula is C13H13NO3. The van der Waals surface area contributed by atoms with Gasteiger partial charge in [-0.25, -0.2) is 0 Å². The van der Waals surface area contributed by atoms with Crippen molar-refractivity contribution < 1.29 is 14.6 Å². The van der Waals surface area contributed by atoms with Crippen LogP contribution in [-0.2, 0) is 6.61 Å². The molecule has 0 aliphatic rings. The molecule has 0 saturated heterocycles. The Balaban J connectivity index is 2.77. The fraction of sp³-hybridized carbons (Fsp3) is 0.154. The van der Waals surface area contributed by atoms with E-state index in [1.54, 1.807) is 18.2 Å². The van der Waals surface area contributed by atoms with E-state index in [2.05, 4.69) is 0 Å². The number of aliphatic hydroxyl groups is 1. The fourth-order valence-electron chi connectivity index (χ4n) is 1.80. The molecule has 0 aliphatic carbocycles. The molecule has 0 atom stereocenters. The predicted octanol–water partition coefficient (Wildman–Crippen LogP) is 1.44. The van der Waals surface area contributed by atoms with Crippen molar-refractivity contribution in [1.29, 1.82) is 0 Å². The molecule has 0 spiro atoms. The molecule has 17 heavy (non-hydrogen) atoms. The second-order valence-electron chi connectivity index (χ2n) is 3.75. The van der Waals surface area contributed by atoms with E-state index in [9.17, 15) is 4.79 Å². The van der Waals surface area contributed by atoms with Crippen molar-refractivity contribution in [3.8, 4) is 5.75 Å².